The van der Waals surface area contributed by atoms with Gasteiger partial charge in [0.1, 0.15) is 11.6 Å². The standard InChI is InChI=1S/C18H28N6O/c1-14(2)13-23-11-10-19-17(23)12-20-18(25)22-16-8-9-21-24(16)15-6-4-3-5-7-15/h8-11,14-15H,3-7,12-13H2,1-2H3,(H2,20,22,25). The molecule has 2 aromatic rings. The maximum atomic E-state index is 12.3. The normalized spacial score (nSPS) is 15.5. The number of nitrogens with one attached hydrogen (secondary N) is 2. The Kier molecular flexibility index (Phi) is 5.73. The van der Waals surface area contributed by atoms with E-state index in [1.807, 2.05) is 16.9 Å². The van der Waals surface area contributed by atoms with Crippen molar-refractivity contribution in [3.05, 3.63) is 30.5 Å². The van der Waals surface area contributed by atoms with Gasteiger partial charge in [-0.3, -0.25) is 5.32 Å². The van der Waals surface area contributed by atoms with Gasteiger partial charge in [-0.05, 0) is 18.8 Å². The second-order valence-corrected chi connectivity index (χ2v) is 7.15. The second kappa shape index (κ2) is 8.18. The molecule has 25 heavy (non-hydrogen) atoms. The molecule has 3 rings (SSSR count). The van der Waals surface area contributed by atoms with Crippen molar-refractivity contribution in [1.29, 1.82) is 0 Å². The summed E-state index contributed by atoms with van der Waals surface area (Å²) in [6.45, 7) is 5.63. The van der Waals surface area contributed by atoms with Crippen molar-refractivity contribution in [1.82, 2.24) is 24.6 Å². The van der Waals surface area contributed by atoms with Crippen molar-refractivity contribution in [2.75, 3.05) is 5.32 Å². The van der Waals surface area contributed by atoms with Crippen LogP contribution in [0.4, 0.5) is 10.6 Å². The Bertz CT molecular complexity index is 683. The summed E-state index contributed by atoms with van der Waals surface area (Å²) in [7, 11) is 0. The molecule has 0 atom stereocenters. The molecule has 1 aliphatic rings. The molecule has 7 nitrogen and oxygen atoms in total. The van der Waals surface area contributed by atoms with Gasteiger partial charge in [0.15, 0.2) is 0 Å². The first-order valence-corrected chi connectivity index (χ1v) is 9.22. The molecule has 0 radical (unpaired) electrons. The number of aromatic nitrogens is 4. The number of carbonyl (C=O) groups excluding carboxylic acids is 1. The molecule has 2 amide bonds. The minimum atomic E-state index is -0.225. The molecule has 0 bridgehead atoms. The second-order valence-electron chi connectivity index (χ2n) is 7.15. The van der Waals surface area contributed by atoms with Crippen LogP contribution in [0.1, 0.15) is 57.8 Å². The van der Waals surface area contributed by atoms with Gasteiger partial charge in [-0.1, -0.05) is 33.1 Å². The van der Waals surface area contributed by atoms with Gasteiger partial charge in [0.25, 0.3) is 0 Å². The van der Waals surface area contributed by atoms with E-state index in [1.54, 1.807) is 12.4 Å². The molecular weight excluding hydrogens is 316 g/mol. The zero-order chi connectivity index (χ0) is 17.6. The van der Waals surface area contributed by atoms with Gasteiger partial charge < -0.3 is 9.88 Å². The van der Waals surface area contributed by atoms with Gasteiger partial charge >= 0.3 is 6.03 Å². The number of nitrogens with zero attached hydrogens (tertiary/aromatic N) is 4. The molecular formula is C18H28N6O. The number of rotatable bonds is 6. The summed E-state index contributed by atoms with van der Waals surface area (Å²) in [5.41, 5.74) is 0. The molecule has 2 heterocycles. The predicted molar refractivity (Wildman–Crippen MR) is 97.3 cm³/mol. The largest absolute Gasteiger partial charge is 0.333 e. The lowest BCUT2D eigenvalue weighted by molar-refractivity contribution is 0.250. The Morgan fingerprint density at radius 2 is 2.08 bits per heavy atom. The van der Waals surface area contributed by atoms with E-state index in [0.29, 0.717) is 18.5 Å². The third-order valence-electron chi connectivity index (χ3n) is 4.60. The van der Waals surface area contributed by atoms with E-state index in [4.69, 9.17) is 0 Å². The molecule has 1 aliphatic carbocycles. The number of carbonyl (C=O) groups is 1. The van der Waals surface area contributed by atoms with Crippen LogP contribution in [0.2, 0.25) is 0 Å². The van der Waals surface area contributed by atoms with Crippen LogP contribution in [-0.2, 0) is 13.1 Å². The predicted octanol–water partition coefficient (Wildman–Crippen LogP) is 3.56. The summed E-state index contributed by atoms with van der Waals surface area (Å²) in [6.07, 6.45) is 11.5. The molecule has 7 heteroatoms. The Morgan fingerprint density at radius 1 is 1.28 bits per heavy atom. The highest BCUT2D eigenvalue weighted by molar-refractivity contribution is 5.88. The molecule has 1 saturated carbocycles. The van der Waals surface area contributed by atoms with Crippen LogP contribution in [0.25, 0.3) is 0 Å². The van der Waals surface area contributed by atoms with Crippen LogP contribution in [0.15, 0.2) is 24.7 Å². The van der Waals surface area contributed by atoms with Gasteiger partial charge in [0.2, 0.25) is 0 Å². The molecule has 0 aromatic carbocycles. The topological polar surface area (TPSA) is 76.8 Å². The first-order chi connectivity index (χ1) is 12.1. The fourth-order valence-electron chi connectivity index (χ4n) is 3.42. The summed E-state index contributed by atoms with van der Waals surface area (Å²) in [6, 6.07) is 2.02. The smallest absolute Gasteiger partial charge is 0.320 e. The van der Waals surface area contributed by atoms with Crippen LogP contribution in [0.3, 0.4) is 0 Å². The third kappa shape index (κ3) is 4.61. The number of hydrogen-bond donors (Lipinski definition) is 2. The highest BCUT2D eigenvalue weighted by Gasteiger charge is 2.19. The minimum Gasteiger partial charge on any atom is -0.333 e. The average molecular weight is 344 g/mol. The number of amides is 2. The molecule has 136 valence electrons. The van der Waals surface area contributed by atoms with E-state index in [9.17, 15) is 4.79 Å². The van der Waals surface area contributed by atoms with Crippen molar-refractivity contribution < 1.29 is 4.79 Å². The summed E-state index contributed by atoms with van der Waals surface area (Å²) in [5, 5.41) is 10.2. The summed E-state index contributed by atoms with van der Waals surface area (Å²) in [4.78, 5) is 16.6. The quantitative estimate of drug-likeness (QED) is 0.841. The van der Waals surface area contributed by atoms with E-state index in [1.165, 1.54) is 19.3 Å². The van der Waals surface area contributed by atoms with Crippen LogP contribution in [0, 0.1) is 5.92 Å². The van der Waals surface area contributed by atoms with Gasteiger partial charge in [-0.2, -0.15) is 5.10 Å². The first-order valence-electron chi connectivity index (χ1n) is 9.22. The van der Waals surface area contributed by atoms with E-state index < -0.39 is 0 Å². The maximum absolute atomic E-state index is 12.3. The van der Waals surface area contributed by atoms with Crippen LogP contribution in [-0.4, -0.2) is 25.4 Å². The first kappa shape index (κ1) is 17.5. The molecule has 2 aromatic heterocycles. The fraction of sp³-hybridized carbons (Fsp3) is 0.611. The van der Waals surface area contributed by atoms with Crippen molar-refractivity contribution in [3.63, 3.8) is 0 Å². The number of hydrogen-bond acceptors (Lipinski definition) is 3. The van der Waals surface area contributed by atoms with Gasteiger partial charge in [0.05, 0.1) is 18.8 Å². The van der Waals surface area contributed by atoms with Gasteiger partial charge in [-0.25, -0.2) is 14.5 Å². The third-order valence-corrected chi connectivity index (χ3v) is 4.60. The molecule has 0 unspecified atom stereocenters. The van der Waals surface area contributed by atoms with E-state index in [2.05, 4.69) is 39.1 Å². The Hall–Kier alpha value is -2.31. The van der Waals surface area contributed by atoms with E-state index in [0.717, 1.165) is 31.0 Å². The van der Waals surface area contributed by atoms with E-state index in [-0.39, 0.29) is 6.03 Å². The Morgan fingerprint density at radius 3 is 2.84 bits per heavy atom. The Labute approximate surface area is 148 Å². The zero-order valence-corrected chi connectivity index (χ0v) is 15.1. The summed E-state index contributed by atoms with van der Waals surface area (Å²) >= 11 is 0. The lowest BCUT2D eigenvalue weighted by Crippen LogP contribution is -2.31. The fourth-order valence-corrected chi connectivity index (χ4v) is 3.42. The summed E-state index contributed by atoms with van der Waals surface area (Å²) < 4.78 is 4.04. The highest BCUT2D eigenvalue weighted by atomic mass is 16.2. The van der Waals surface area contributed by atoms with Crippen LogP contribution < -0.4 is 10.6 Å². The van der Waals surface area contributed by atoms with E-state index >= 15 is 0 Å². The summed E-state index contributed by atoms with van der Waals surface area (Å²) in [5.74, 6) is 2.16. The van der Waals surface area contributed by atoms with Crippen molar-refractivity contribution in [3.8, 4) is 0 Å². The van der Waals surface area contributed by atoms with Crippen molar-refractivity contribution >= 4 is 11.8 Å². The van der Waals surface area contributed by atoms with Crippen molar-refractivity contribution in [2.45, 2.75) is 65.1 Å². The molecule has 0 saturated heterocycles. The highest BCUT2D eigenvalue weighted by Crippen LogP contribution is 2.29. The zero-order valence-electron chi connectivity index (χ0n) is 15.1. The number of imidazole rings is 1. The number of anilines is 1. The van der Waals surface area contributed by atoms with Gasteiger partial charge in [0, 0.05) is 25.0 Å². The average Bonchev–Trinajstić information content (AvgIpc) is 3.22. The molecule has 1 fully saturated rings. The maximum Gasteiger partial charge on any atom is 0.320 e. The van der Waals surface area contributed by atoms with Crippen molar-refractivity contribution in [2.24, 2.45) is 5.92 Å². The monoisotopic (exact) mass is 344 g/mol. The van der Waals surface area contributed by atoms with Crippen LogP contribution >= 0.6 is 0 Å². The Balaban J connectivity index is 1.55. The van der Waals surface area contributed by atoms with Gasteiger partial charge in [-0.15, -0.1) is 0 Å². The lowest BCUT2D eigenvalue weighted by atomic mass is 9.96. The molecule has 2 N–H and O–H groups in total. The minimum absolute atomic E-state index is 0.225. The molecule has 0 spiro atoms. The molecule has 0 aliphatic heterocycles. The SMILES string of the molecule is CC(C)Cn1ccnc1CNC(=O)Nc1ccnn1C1CCCCC1. The van der Waals surface area contributed by atoms with Crippen LogP contribution in [0.5, 0.6) is 0 Å². The lowest BCUT2D eigenvalue weighted by Gasteiger charge is -2.23. The number of urea groups is 1.